The first-order valence-electron chi connectivity index (χ1n) is 4.94. The molecular weight excluding hydrogens is 192 g/mol. The van der Waals surface area contributed by atoms with Crippen LogP contribution in [0.25, 0.3) is 6.08 Å². The lowest BCUT2D eigenvalue weighted by molar-refractivity contribution is 0.521. The lowest BCUT2D eigenvalue weighted by Gasteiger charge is -2.11. The van der Waals surface area contributed by atoms with Gasteiger partial charge in [-0.15, -0.1) is 0 Å². The van der Waals surface area contributed by atoms with E-state index in [0.29, 0.717) is 5.56 Å². The minimum Gasteiger partial charge on any atom is -0.303 e. The van der Waals surface area contributed by atoms with E-state index in [2.05, 4.69) is 0 Å². The van der Waals surface area contributed by atoms with Gasteiger partial charge in [-0.3, -0.25) is 9.36 Å². The summed E-state index contributed by atoms with van der Waals surface area (Å²) in [5.74, 6) is 0. The fourth-order valence-electron chi connectivity index (χ4n) is 1.46. The minimum atomic E-state index is -0.275. The van der Waals surface area contributed by atoms with Crippen LogP contribution >= 0.6 is 0 Å². The molecule has 1 aromatic heterocycles. The summed E-state index contributed by atoms with van der Waals surface area (Å²) in [7, 11) is 1.65. The van der Waals surface area contributed by atoms with Crippen molar-refractivity contribution in [1.29, 1.82) is 0 Å². The molecule has 4 nitrogen and oxygen atoms in total. The van der Waals surface area contributed by atoms with E-state index in [0.717, 1.165) is 0 Å². The second-order valence-electron chi connectivity index (χ2n) is 3.75. The van der Waals surface area contributed by atoms with Crippen molar-refractivity contribution in [2.24, 2.45) is 7.05 Å². The molecule has 0 aromatic carbocycles. The zero-order valence-corrected chi connectivity index (χ0v) is 9.52. The van der Waals surface area contributed by atoms with Crippen molar-refractivity contribution >= 4 is 6.08 Å². The van der Waals surface area contributed by atoms with Crippen molar-refractivity contribution in [2.75, 3.05) is 0 Å². The van der Waals surface area contributed by atoms with E-state index in [9.17, 15) is 9.59 Å². The molecule has 0 N–H and O–H groups in total. The summed E-state index contributed by atoms with van der Waals surface area (Å²) in [4.78, 5) is 23.6. The first-order chi connectivity index (χ1) is 6.99. The van der Waals surface area contributed by atoms with Crippen LogP contribution in [0.1, 0.15) is 32.4 Å². The van der Waals surface area contributed by atoms with Crippen LogP contribution in [0.4, 0.5) is 0 Å². The Balaban J connectivity index is 3.64. The van der Waals surface area contributed by atoms with Gasteiger partial charge in [-0.25, -0.2) is 4.79 Å². The predicted octanol–water partition coefficient (Wildman–Crippen LogP) is 1.16. The summed E-state index contributed by atoms with van der Waals surface area (Å²) in [6.45, 7) is 5.48. The molecule has 0 aliphatic heterocycles. The van der Waals surface area contributed by atoms with Gasteiger partial charge in [-0.1, -0.05) is 12.2 Å². The summed E-state index contributed by atoms with van der Waals surface area (Å²) in [5, 5.41) is 0. The van der Waals surface area contributed by atoms with Gasteiger partial charge >= 0.3 is 5.69 Å². The number of allylic oxidation sites excluding steroid dienone is 1. The van der Waals surface area contributed by atoms with E-state index in [1.54, 1.807) is 25.4 Å². The van der Waals surface area contributed by atoms with Crippen molar-refractivity contribution in [3.63, 3.8) is 0 Å². The maximum atomic E-state index is 11.9. The van der Waals surface area contributed by atoms with Gasteiger partial charge in [0.15, 0.2) is 0 Å². The first kappa shape index (κ1) is 11.5. The third kappa shape index (κ3) is 2.09. The van der Waals surface area contributed by atoms with Crippen LogP contribution in [0.15, 0.2) is 21.9 Å². The molecule has 1 heterocycles. The molecule has 15 heavy (non-hydrogen) atoms. The summed E-state index contributed by atoms with van der Waals surface area (Å²) in [6.07, 6.45) is 5.05. The Bertz CT molecular complexity index is 492. The Kier molecular flexibility index (Phi) is 3.29. The van der Waals surface area contributed by atoms with Gasteiger partial charge in [-0.2, -0.15) is 0 Å². The summed E-state index contributed by atoms with van der Waals surface area (Å²) >= 11 is 0. The highest BCUT2D eigenvalue weighted by Crippen LogP contribution is 1.98. The summed E-state index contributed by atoms with van der Waals surface area (Å²) in [5.41, 5.74) is 0.0303. The number of rotatable bonds is 2. The summed E-state index contributed by atoms with van der Waals surface area (Å²) in [6, 6.07) is -0.124. The Morgan fingerprint density at radius 2 is 1.93 bits per heavy atom. The number of hydrogen-bond acceptors (Lipinski definition) is 2. The third-order valence-corrected chi connectivity index (χ3v) is 2.17. The van der Waals surface area contributed by atoms with Crippen LogP contribution in [-0.4, -0.2) is 9.13 Å². The lowest BCUT2D eigenvalue weighted by atomic mass is 10.3. The van der Waals surface area contributed by atoms with E-state index < -0.39 is 0 Å². The molecule has 4 heteroatoms. The molecule has 0 bridgehead atoms. The van der Waals surface area contributed by atoms with Gasteiger partial charge in [0.1, 0.15) is 0 Å². The highest BCUT2D eigenvalue weighted by atomic mass is 16.2. The van der Waals surface area contributed by atoms with Crippen LogP contribution in [0.3, 0.4) is 0 Å². The molecular formula is C11H16N2O2. The van der Waals surface area contributed by atoms with E-state index in [-0.39, 0.29) is 17.3 Å². The van der Waals surface area contributed by atoms with E-state index in [1.807, 2.05) is 20.8 Å². The van der Waals surface area contributed by atoms with Crippen LogP contribution in [0.2, 0.25) is 0 Å². The van der Waals surface area contributed by atoms with Crippen LogP contribution < -0.4 is 11.2 Å². The van der Waals surface area contributed by atoms with Gasteiger partial charge in [0.25, 0.3) is 5.56 Å². The number of nitrogens with zero attached hydrogens (tertiary/aromatic N) is 2. The zero-order chi connectivity index (χ0) is 11.6. The molecule has 0 saturated heterocycles. The normalized spacial score (nSPS) is 11.5. The molecule has 0 aliphatic rings. The average molecular weight is 208 g/mol. The topological polar surface area (TPSA) is 44.0 Å². The van der Waals surface area contributed by atoms with Crippen molar-refractivity contribution in [2.45, 2.75) is 26.8 Å². The second kappa shape index (κ2) is 4.29. The smallest absolute Gasteiger partial charge is 0.303 e. The second-order valence-corrected chi connectivity index (χ2v) is 3.75. The number of aromatic nitrogens is 2. The number of hydrogen-bond donors (Lipinski definition) is 0. The standard InChI is InChI=1S/C11H16N2O2/c1-5-6-9-7-12(4)11(15)13(8(2)3)10(9)14/h5-8H,1-4H3/b6-5+. The van der Waals surface area contributed by atoms with Crippen molar-refractivity contribution in [3.05, 3.63) is 38.7 Å². The van der Waals surface area contributed by atoms with E-state index >= 15 is 0 Å². The maximum absolute atomic E-state index is 11.9. The zero-order valence-electron chi connectivity index (χ0n) is 9.52. The van der Waals surface area contributed by atoms with Gasteiger partial charge in [0.2, 0.25) is 0 Å². The molecule has 0 fully saturated rings. The highest BCUT2D eigenvalue weighted by Gasteiger charge is 2.09. The molecule has 0 amide bonds. The van der Waals surface area contributed by atoms with Gasteiger partial charge in [-0.05, 0) is 20.8 Å². The molecule has 0 radical (unpaired) electrons. The fourth-order valence-corrected chi connectivity index (χ4v) is 1.46. The third-order valence-electron chi connectivity index (χ3n) is 2.17. The maximum Gasteiger partial charge on any atom is 0.330 e. The van der Waals surface area contributed by atoms with Gasteiger partial charge < -0.3 is 4.57 Å². The Hall–Kier alpha value is -1.58. The molecule has 1 rings (SSSR count). The van der Waals surface area contributed by atoms with E-state index in [1.165, 1.54) is 9.13 Å². The van der Waals surface area contributed by atoms with Crippen LogP contribution in [0, 0.1) is 0 Å². The molecule has 82 valence electrons. The first-order valence-corrected chi connectivity index (χ1v) is 4.94. The Labute approximate surface area is 88.5 Å². The quantitative estimate of drug-likeness (QED) is 0.732. The number of aryl methyl sites for hydroxylation is 1. The molecule has 0 aliphatic carbocycles. The lowest BCUT2D eigenvalue weighted by Crippen LogP contribution is -2.40. The fraction of sp³-hybridized carbons (Fsp3) is 0.455. The van der Waals surface area contributed by atoms with Gasteiger partial charge in [0.05, 0.1) is 5.56 Å². The van der Waals surface area contributed by atoms with Crippen LogP contribution in [0.5, 0.6) is 0 Å². The molecule has 0 spiro atoms. The summed E-state index contributed by atoms with van der Waals surface area (Å²) < 4.78 is 2.69. The van der Waals surface area contributed by atoms with E-state index in [4.69, 9.17) is 0 Å². The SMILES string of the molecule is C/C=C/c1cn(C)c(=O)n(C(C)C)c1=O. The average Bonchev–Trinajstić information content (AvgIpc) is 2.14. The molecule has 0 unspecified atom stereocenters. The van der Waals surface area contributed by atoms with Crippen LogP contribution in [-0.2, 0) is 7.05 Å². The molecule has 0 saturated carbocycles. The van der Waals surface area contributed by atoms with Crippen molar-refractivity contribution < 1.29 is 0 Å². The predicted molar refractivity (Wildman–Crippen MR) is 61.0 cm³/mol. The van der Waals surface area contributed by atoms with Crippen molar-refractivity contribution in [3.8, 4) is 0 Å². The van der Waals surface area contributed by atoms with Crippen molar-refractivity contribution in [1.82, 2.24) is 9.13 Å². The Morgan fingerprint density at radius 3 is 2.40 bits per heavy atom. The largest absolute Gasteiger partial charge is 0.330 e. The highest BCUT2D eigenvalue weighted by molar-refractivity contribution is 5.45. The van der Waals surface area contributed by atoms with Gasteiger partial charge in [0, 0.05) is 19.3 Å². The minimum absolute atomic E-state index is 0.124. The molecule has 1 aromatic rings. The monoisotopic (exact) mass is 208 g/mol. The molecule has 0 atom stereocenters. The Morgan fingerprint density at radius 1 is 1.33 bits per heavy atom.